The summed E-state index contributed by atoms with van der Waals surface area (Å²) in [6, 6.07) is 6.91. The summed E-state index contributed by atoms with van der Waals surface area (Å²) in [6.07, 6.45) is 4.71. The van der Waals surface area contributed by atoms with Crippen LogP contribution in [0.4, 0.5) is 5.69 Å². The van der Waals surface area contributed by atoms with Crippen molar-refractivity contribution in [2.75, 3.05) is 5.32 Å². The Morgan fingerprint density at radius 1 is 1.15 bits per heavy atom. The quantitative estimate of drug-likeness (QED) is 0.419. The fourth-order valence-corrected chi connectivity index (χ4v) is 2.83. The van der Waals surface area contributed by atoms with Gasteiger partial charge in [0.05, 0.1) is 11.1 Å². The minimum atomic E-state index is -0.302. The minimum absolute atomic E-state index is 0.0300. The number of carbonyl (C=O) groups is 2. The van der Waals surface area contributed by atoms with E-state index >= 15 is 0 Å². The third-order valence-electron chi connectivity index (χ3n) is 4.10. The van der Waals surface area contributed by atoms with E-state index in [0.29, 0.717) is 29.0 Å². The van der Waals surface area contributed by atoms with Crippen molar-refractivity contribution in [3.05, 3.63) is 47.3 Å². The Morgan fingerprint density at radius 3 is 2.62 bits per heavy atom. The Morgan fingerprint density at radius 2 is 1.88 bits per heavy atom. The molecule has 0 unspecified atom stereocenters. The highest BCUT2D eigenvalue weighted by Gasteiger charge is 2.24. The monoisotopic (exact) mass is 357 g/mol. The number of benzene rings is 1. The van der Waals surface area contributed by atoms with Crippen molar-refractivity contribution in [3.63, 3.8) is 0 Å². The highest BCUT2D eigenvalue weighted by atomic mass is 17.3. The summed E-state index contributed by atoms with van der Waals surface area (Å²) in [5.74, 6) is 0.230. The Kier molecular flexibility index (Phi) is 5.70. The van der Waals surface area contributed by atoms with Crippen LogP contribution in [0.25, 0.3) is 0 Å². The average molecular weight is 357 g/mol. The largest absolute Gasteiger partial charge is 0.364 e. The first-order valence-corrected chi connectivity index (χ1v) is 8.78. The fourth-order valence-electron chi connectivity index (χ4n) is 2.83. The van der Waals surface area contributed by atoms with Crippen LogP contribution in [0.15, 0.2) is 30.5 Å². The number of carbonyl (C=O) groups excluding carboxylic acids is 2. The molecule has 2 aromatic rings. The van der Waals surface area contributed by atoms with Crippen LogP contribution in [0.1, 0.15) is 59.5 Å². The van der Waals surface area contributed by atoms with Crippen LogP contribution < -0.4 is 15.7 Å². The molecule has 1 aromatic heterocycles. The Bertz CT molecular complexity index is 781. The van der Waals surface area contributed by atoms with Gasteiger partial charge >= 0.3 is 0 Å². The lowest BCUT2D eigenvalue weighted by Gasteiger charge is -2.09. The lowest BCUT2D eigenvalue weighted by molar-refractivity contribution is -0.264. The number of fused-ring (bicyclic) bond motifs is 1. The number of aryl methyl sites for hydroxylation is 1. The number of aromatic amines is 1. The number of hydroxylamine groups is 1. The molecule has 26 heavy (non-hydrogen) atoms. The summed E-state index contributed by atoms with van der Waals surface area (Å²) in [4.78, 5) is 37.9. The lowest BCUT2D eigenvalue weighted by Crippen LogP contribution is -2.24. The smallest absolute Gasteiger partial charge is 0.257 e. The molecule has 7 nitrogen and oxygen atoms in total. The molecule has 1 aliphatic rings. The predicted octanol–water partition coefficient (Wildman–Crippen LogP) is 3.40. The molecule has 0 fully saturated rings. The molecule has 0 saturated carbocycles. The molecular formula is C19H23N3O4. The fraction of sp³-hybridized carbons (Fsp3) is 0.368. The second-order valence-corrected chi connectivity index (χ2v) is 6.60. The van der Waals surface area contributed by atoms with Crippen molar-refractivity contribution in [3.8, 4) is 5.75 Å². The van der Waals surface area contributed by atoms with Crippen LogP contribution in [-0.4, -0.2) is 22.7 Å². The molecular weight excluding hydrogens is 334 g/mol. The highest BCUT2D eigenvalue weighted by molar-refractivity contribution is 6.13. The van der Waals surface area contributed by atoms with Crippen molar-refractivity contribution in [1.29, 1.82) is 0 Å². The van der Waals surface area contributed by atoms with E-state index in [-0.39, 0.29) is 17.7 Å². The number of anilines is 1. The SMILES string of the molecule is CC(C)NOOc1ccc(NC(=O)c2c[nH]c3c2C(=O)CCCC3)cc1. The summed E-state index contributed by atoms with van der Waals surface area (Å²) in [6.45, 7) is 3.85. The second-order valence-electron chi connectivity index (χ2n) is 6.60. The van der Waals surface area contributed by atoms with Crippen molar-refractivity contribution >= 4 is 17.4 Å². The zero-order valence-electron chi connectivity index (χ0n) is 14.9. The van der Waals surface area contributed by atoms with E-state index < -0.39 is 0 Å². The molecule has 1 aliphatic carbocycles. The lowest BCUT2D eigenvalue weighted by atomic mass is 10.0. The number of amides is 1. The third-order valence-corrected chi connectivity index (χ3v) is 4.10. The van der Waals surface area contributed by atoms with Crippen LogP contribution >= 0.6 is 0 Å². The normalized spacial score (nSPS) is 14.0. The van der Waals surface area contributed by atoms with Gasteiger partial charge in [-0.15, -0.1) is 0 Å². The average Bonchev–Trinajstić information content (AvgIpc) is 2.95. The maximum absolute atomic E-state index is 12.6. The topological polar surface area (TPSA) is 92.4 Å². The van der Waals surface area contributed by atoms with E-state index in [1.807, 2.05) is 13.8 Å². The maximum Gasteiger partial charge on any atom is 0.257 e. The van der Waals surface area contributed by atoms with Crippen LogP contribution in [0.3, 0.4) is 0 Å². The highest BCUT2D eigenvalue weighted by Crippen LogP contribution is 2.24. The number of Topliss-reactive ketones (excluding diaryl/α,β-unsaturated/α-hetero) is 1. The molecule has 3 N–H and O–H groups in total. The molecule has 3 rings (SSSR count). The van der Waals surface area contributed by atoms with Gasteiger partial charge in [0.25, 0.3) is 5.91 Å². The van der Waals surface area contributed by atoms with E-state index in [4.69, 9.17) is 9.88 Å². The Labute approximate surface area is 152 Å². The van der Waals surface area contributed by atoms with Gasteiger partial charge in [0, 0.05) is 30.0 Å². The third kappa shape index (κ3) is 4.30. The van der Waals surface area contributed by atoms with Crippen molar-refractivity contribution < 1.29 is 19.5 Å². The maximum atomic E-state index is 12.6. The molecule has 1 amide bonds. The van der Waals surface area contributed by atoms with Crippen LogP contribution in [-0.2, 0) is 11.4 Å². The standard InChI is InChI=1S/C19H23N3O4/c1-12(2)22-26-25-14-9-7-13(8-10-14)21-19(24)15-11-20-16-5-3-4-6-17(23)18(15)16/h7-12,20,22H,3-6H2,1-2H3,(H,21,24). The van der Waals surface area contributed by atoms with Crippen molar-refractivity contribution in [2.24, 2.45) is 0 Å². The number of H-pyrrole nitrogens is 1. The Hall–Kier alpha value is -2.64. The van der Waals surface area contributed by atoms with Gasteiger partial charge < -0.3 is 15.2 Å². The first kappa shape index (κ1) is 18.2. The molecule has 7 heteroatoms. The van der Waals surface area contributed by atoms with E-state index in [9.17, 15) is 9.59 Å². The second kappa shape index (κ2) is 8.16. The predicted molar refractivity (Wildman–Crippen MR) is 97.1 cm³/mol. The number of hydrogen-bond donors (Lipinski definition) is 3. The number of ketones is 1. The first-order valence-electron chi connectivity index (χ1n) is 8.78. The van der Waals surface area contributed by atoms with E-state index in [1.54, 1.807) is 30.5 Å². The minimum Gasteiger partial charge on any atom is -0.364 e. The van der Waals surface area contributed by atoms with Gasteiger partial charge in [0.15, 0.2) is 11.5 Å². The van der Waals surface area contributed by atoms with Crippen LogP contribution in [0.5, 0.6) is 5.75 Å². The van der Waals surface area contributed by atoms with E-state index in [2.05, 4.69) is 15.8 Å². The van der Waals surface area contributed by atoms with Gasteiger partial charge in [0.2, 0.25) is 0 Å². The summed E-state index contributed by atoms with van der Waals surface area (Å²) >= 11 is 0. The van der Waals surface area contributed by atoms with E-state index in [0.717, 1.165) is 25.0 Å². The number of hydrogen-bond acceptors (Lipinski definition) is 5. The zero-order valence-corrected chi connectivity index (χ0v) is 14.9. The van der Waals surface area contributed by atoms with Crippen molar-refractivity contribution in [2.45, 2.75) is 45.6 Å². The number of nitrogens with one attached hydrogen (secondary N) is 3. The number of rotatable bonds is 6. The van der Waals surface area contributed by atoms with Crippen molar-refractivity contribution in [1.82, 2.24) is 10.5 Å². The number of aromatic nitrogens is 1. The molecule has 1 aromatic carbocycles. The molecule has 0 atom stereocenters. The molecule has 138 valence electrons. The molecule has 0 bridgehead atoms. The van der Waals surface area contributed by atoms with Gasteiger partial charge in [-0.1, -0.05) is 4.99 Å². The molecule has 0 radical (unpaired) electrons. The summed E-state index contributed by atoms with van der Waals surface area (Å²) in [7, 11) is 0. The van der Waals surface area contributed by atoms with Crippen LogP contribution in [0.2, 0.25) is 0 Å². The van der Waals surface area contributed by atoms with Gasteiger partial charge in [0.1, 0.15) is 0 Å². The summed E-state index contributed by atoms with van der Waals surface area (Å²) in [5, 5.41) is 2.81. The molecule has 1 heterocycles. The van der Waals surface area contributed by atoms with Gasteiger partial charge in [-0.3, -0.25) is 9.59 Å². The molecule has 0 spiro atoms. The first-order chi connectivity index (χ1) is 12.5. The Balaban J connectivity index is 1.65. The van der Waals surface area contributed by atoms with Crippen LogP contribution in [0, 0.1) is 0 Å². The van der Waals surface area contributed by atoms with Gasteiger partial charge in [-0.2, -0.15) is 5.48 Å². The zero-order chi connectivity index (χ0) is 18.5. The van der Waals surface area contributed by atoms with Gasteiger partial charge in [-0.25, -0.2) is 0 Å². The summed E-state index contributed by atoms with van der Waals surface area (Å²) in [5.41, 5.74) is 5.07. The molecule has 0 saturated heterocycles. The summed E-state index contributed by atoms with van der Waals surface area (Å²) < 4.78 is 0. The molecule has 0 aliphatic heterocycles. The van der Waals surface area contributed by atoms with Gasteiger partial charge in [-0.05, 0) is 57.4 Å². The van der Waals surface area contributed by atoms with E-state index in [1.165, 1.54) is 0 Å².